The lowest BCUT2D eigenvalue weighted by Crippen LogP contribution is -2.35. The number of phenolic OH excluding ortho intramolecular Hbond substituents is 1. The van der Waals surface area contributed by atoms with Gasteiger partial charge in [-0.3, -0.25) is 4.79 Å². The fraction of sp³-hybridized carbons (Fsp3) is 0.414. The van der Waals surface area contributed by atoms with Gasteiger partial charge in [0.25, 0.3) is 0 Å². The van der Waals surface area contributed by atoms with E-state index in [0.29, 0.717) is 41.2 Å². The Balaban J connectivity index is 1.95. The van der Waals surface area contributed by atoms with Gasteiger partial charge in [0.2, 0.25) is 0 Å². The van der Waals surface area contributed by atoms with E-state index in [1.54, 1.807) is 44.2 Å². The van der Waals surface area contributed by atoms with Crippen molar-refractivity contribution in [3.05, 3.63) is 63.8 Å². The number of rotatable bonds is 13. The van der Waals surface area contributed by atoms with Crippen LogP contribution >= 0.6 is 0 Å². The Morgan fingerprint density at radius 3 is 2.37 bits per heavy atom. The molecule has 0 bridgehead atoms. The summed E-state index contributed by atoms with van der Waals surface area (Å²) in [6.07, 6.45) is 2.23. The highest BCUT2D eigenvalue weighted by Gasteiger charge is 2.24. The van der Waals surface area contributed by atoms with Crippen molar-refractivity contribution in [2.45, 2.75) is 51.7 Å². The molecule has 206 valence electrons. The van der Waals surface area contributed by atoms with Crippen LogP contribution in [0.5, 0.6) is 17.2 Å². The zero-order valence-corrected chi connectivity index (χ0v) is 22.4. The number of aliphatic hydroxyl groups excluding tert-OH is 1. The number of phenols is 1. The van der Waals surface area contributed by atoms with Crippen molar-refractivity contribution in [2.75, 3.05) is 27.8 Å². The van der Waals surface area contributed by atoms with Gasteiger partial charge in [-0.15, -0.1) is 0 Å². The van der Waals surface area contributed by atoms with Gasteiger partial charge in [-0.05, 0) is 64.3 Å². The number of methoxy groups -OCH3 is 2. The Labute approximate surface area is 221 Å². The Kier molecular flexibility index (Phi) is 9.93. The number of hydrogen-bond donors (Lipinski definition) is 3. The molecule has 0 saturated carbocycles. The molecule has 1 aromatic heterocycles. The SMILES string of the molecule is COCOc1ccc(-c2cc(=O)c3c(O)c(C/C=C(\C)CC[C@H](O)C(C)(C)O)c(OCOC)cc3o2)cc1. The molecule has 1 heterocycles. The number of aliphatic hydroxyl groups is 2. The molecule has 9 heteroatoms. The minimum atomic E-state index is -1.19. The molecule has 0 fully saturated rings. The molecular weight excluding hydrogens is 492 g/mol. The highest BCUT2D eigenvalue weighted by Crippen LogP contribution is 2.37. The fourth-order valence-corrected chi connectivity index (χ4v) is 3.85. The van der Waals surface area contributed by atoms with Gasteiger partial charge in [0.05, 0.1) is 11.7 Å². The molecule has 0 saturated heterocycles. The first-order valence-electron chi connectivity index (χ1n) is 12.3. The van der Waals surface area contributed by atoms with Crippen LogP contribution in [0.4, 0.5) is 0 Å². The van der Waals surface area contributed by atoms with Crippen LogP contribution in [-0.4, -0.2) is 54.8 Å². The van der Waals surface area contributed by atoms with Gasteiger partial charge >= 0.3 is 0 Å². The third-order valence-corrected chi connectivity index (χ3v) is 6.15. The number of allylic oxidation sites excluding steroid dienone is 2. The zero-order valence-electron chi connectivity index (χ0n) is 22.4. The highest BCUT2D eigenvalue weighted by atomic mass is 16.7. The first-order chi connectivity index (χ1) is 18.0. The predicted octanol–water partition coefficient (Wildman–Crippen LogP) is 4.53. The predicted molar refractivity (Wildman–Crippen MR) is 144 cm³/mol. The summed E-state index contributed by atoms with van der Waals surface area (Å²) < 4.78 is 27.1. The maximum atomic E-state index is 13.1. The smallest absolute Gasteiger partial charge is 0.197 e. The van der Waals surface area contributed by atoms with Crippen molar-refractivity contribution in [1.82, 2.24) is 0 Å². The van der Waals surface area contributed by atoms with Crippen LogP contribution in [-0.2, 0) is 15.9 Å². The molecule has 1 atom stereocenters. The summed E-state index contributed by atoms with van der Waals surface area (Å²) in [6.45, 7) is 5.08. The van der Waals surface area contributed by atoms with Crippen molar-refractivity contribution in [1.29, 1.82) is 0 Å². The average Bonchev–Trinajstić information content (AvgIpc) is 2.88. The maximum Gasteiger partial charge on any atom is 0.197 e. The Morgan fingerprint density at radius 1 is 1.08 bits per heavy atom. The van der Waals surface area contributed by atoms with Crippen LogP contribution in [0, 0.1) is 0 Å². The normalized spacial score (nSPS) is 13.1. The third-order valence-electron chi connectivity index (χ3n) is 6.15. The van der Waals surface area contributed by atoms with E-state index in [2.05, 4.69) is 0 Å². The van der Waals surface area contributed by atoms with E-state index < -0.39 is 17.1 Å². The van der Waals surface area contributed by atoms with Crippen LogP contribution in [0.2, 0.25) is 0 Å². The van der Waals surface area contributed by atoms with Gasteiger partial charge in [0.1, 0.15) is 34.0 Å². The van der Waals surface area contributed by atoms with Crippen LogP contribution in [0.1, 0.15) is 39.2 Å². The molecule has 0 amide bonds. The van der Waals surface area contributed by atoms with Crippen LogP contribution in [0.25, 0.3) is 22.3 Å². The lowest BCUT2D eigenvalue weighted by Gasteiger charge is -2.24. The van der Waals surface area contributed by atoms with E-state index in [1.807, 2.05) is 13.0 Å². The largest absolute Gasteiger partial charge is 0.507 e. The Morgan fingerprint density at radius 2 is 1.74 bits per heavy atom. The van der Waals surface area contributed by atoms with E-state index in [0.717, 1.165) is 5.57 Å². The molecule has 9 nitrogen and oxygen atoms in total. The second-order valence-electron chi connectivity index (χ2n) is 9.64. The molecule has 3 rings (SSSR count). The van der Waals surface area contributed by atoms with Gasteiger partial charge in [0.15, 0.2) is 19.0 Å². The third kappa shape index (κ3) is 7.35. The molecule has 0 unspecified atom stereocenters. The topological polar surface area (TPSA) is 128 Å². The lowest BCUT2D eigenvalue weighted by molar-refractivity contribution is -0.0509. The molecule has 0 aliphatic rings. The van der Waals surface area contributed by atoms with Crippen LogP contribution in [0.15, 0.2) is 57.3 Å². The number of ether oxygens (including phenoxy) is 4. The van der Waals surface area contributed by atoms with E-state index in [-0.39, 0.29) is 36.7 Å². The molecule has 2 aromatic carbocycles. The van der Waals surface area contributed by atoms with Gasteiger partial charge in [-0.25, -0.2) is 0 Å². The molecular formula is C29H36O9. The molecule has 3 N–H and O–H groups in total. The number of benzene rings is 2. The monoisotopic (exact) mass is 528 g/mol. The second-order valence-corrected chi connectivity index (χ2v) is 9.64. The number of hydrogen-bond acceptors (Lipinski definition) is 9. The summed E-state index contributed by atoms with van der Waals surface area (Å²) >= 11 is 0. The summed E-state index contributed by atoms with van der Waals surface area (Å²) in [5.41, 5.74) is 0.608. The van der Waals surface area contributed by atoms with Crippen molar-refractivity contribution >= 4 is 11.0 Å². The summed E-state index contributed by atoms with van der Waals surface area (Å²) in [4.78, 5) is 13.1. The first kappa shape index (κ1) is 29.2. The van der Waals surface area contributed by atoms with Gasteiger partial charge in [-0.2, -0.15) is 0 Å². The van der Waals surface area contributed by atoms with Crippen molar-refractivity contribution in [3.8, 4) is 28.6 Å². The maximum absolute atomic E-state index is 13.1. The molecule has 0 aliphatic heterocycles. The quantitative estimate of drug-likeness (QED) is 0.216. The van der Waals surface area contributed by atoms with Gasteiger partial charge in [-0.1, -0.05) is 11.6 Å². The van der Waals surface area contributed by atoms with Crippen molar-refractivity contribution < 1.29 is 38.7 Å². The minimum Gasteiger partial charge on any atom is -0.507 e. The Hall–Kier alpha value is -3.37. The summed E-state index contributed by atoms with van der Waals surface area (Å²) in [5, 5.41) is 31.2. The number of fused-ring (bicyclic) bond motifs is 1. The van der Waals surface area contributed by atoms with Crippen LogP contribution < -0.4 is 14.9 Å². The lowest BCUT2D eigenvalue weighted by atomic mass is 9.95. The van der Waals surface area contributed by atoms with Gasteiger partial charge in [0, 0.05) is 37.5 Å². The van der Waals surface area contributed by atoms with E-state index in [1.165, 1.54) is 20.3 Å². The summed E-state index contributed by atoms with van der Waals surface area (Å²) in [7, 11) is 3.02. The second kappa shape index (κ2) is 12.9. The van der Waals surface area contributed by atoms with Gasteiger partial charge < -0.3 is 38.7 Å². The molecule has 0 aliphatic carbocycles. The van der Waals surface area contributed by atoms with Crippen molar-refractivity contribution in [3.63, 3.8) is 0 Å². The van der Waals surface area contributed by atoms with Crippen molar-refractivity contribution in [2.24, 2.45) is 0 Å². The average molecular weight is 529 g/mol. The van der Waals surface area contributed by atoms with Crippen LogP contribution in [0.3, 0.4) is 0 Å². The zero-order chi connectivity index (χ0) is 27.9. The minimum absolute atomic E-state index is 0.0528. The molecule has 38 heavy (non-hydrogen) atoms. The summed E-state index contributed by atoms with van der Waals surface area (Å²) in [6, 6.07) is 9.91. The Bertz CT molecular complexity index is 1300. The van der Waals surface area contributed by atoms with E-state index >= 15 is 0 Å². The molecule has 0 spiro atoms. The molecule has 0 radical (unpaired) electrons. The fourth-order valence-electron chi connectivity index (χ4n) is 3.85. The summed E-state index contributed by atoms with van der Waals surface area (Å²) in [5.74, 6) is 1.03. The molecule has 3 aromatic rings. The standard InChI is InChI=1S/C29H36O9/c1-18(7-13-26(31)29(2,3)33)6-12-21-24(37-17-35-5)15-25-27(28(21)32)22(30)14-23(38-25)19-8-10-20(11-9-19)36-16-34-4/h6,8-11,14-15,26,31-33H,7,12-13,16-17H2,1-5H3/b18-6+/t26-/m0/s1. The first-order valence-corrected chi connectivity index (χ1v) is 12.3. The number of aromatic hydroxyl groups is 1. The van der Waals surface area contributed by atoms with E-state index in [9.17, 15) is 20.1 Å². The van der Waals surface area contributed by atoms with E-state index in [4.69, 9.17) is 23.4 Å². The highest BCUT2D eigenvalue weighted by molar-refractivity contribution is 5.88.